The average molecular weight is 268 g/mol. The smallest absolute Gasteiger partial charge is 0.243 e. The summed E-state index contributed by atoms with van der Waals surface area (Å²) in [6, 6.07) is 5.27. The molecule has 4 nitrogen and oxygen atoms in total. The molecule has 100 valence electrons. The molecule has 1 aliphatic carbocycles. The van der Waals surface area contributed by atoms with E-state index in [-0.39, 0.29) is 6.04 Å². The van der Waals surface area contributed by atoms with Gasteiger partial charge in [0.15, 0.2) is 0 Å². The van der Waals surface area contributed by atoms with Crippen LogP contribution in [0.4, 0.5) is 5.69 Å². The second kappa shape index (κ2) is 4.90. The number of nitrogens with two attached hydrogens (primary N) is 1. The van der Waals surface area contributed by atoms with E-state index < -0.39 is 10.0 Å². The summed E-state index contributed by atoms with van der Waals surface area (Å²) in [7, 11) is -3.40. The van der Waals surface area contributed by atoms with Crippen molar-refractivity contribution in [1.82, 2.24) is 4.31 Å². The van der Waals surface area contributed by atoms with E-state index in [1.807, 2.05) is 6.92 Å². The maximum absolute atomic E-state index is 12.6. The molecule has 2 rings (SSSR count). The summed E-state index contributed by atoms with van der Waals surface area (Å²) >= 11 is 0. The van der Waals surface area contributed by atoms with Crippen LogP contribution in [0.2, 0.25) is 0 Å². The van der Waals surface area contributed by atoms with E-state index in [9.17, 15) is 8.42 Å². The molecule has 5 heteroatoms. The number of nitrogens with zero attached hydrogens (tertiary/aromatic N) is 1. The van der Waals surface area contributed by atoms with Crippen LogP contribution in [0.1, 0.15) is 31.7 Å². The van der Waals surface area contributed by atoms with Crippen LogP contribution in [-0.4, -0.2) is 25.3 Å². The van der Waals surface area contributed by atoms with Gasteiger partial charge in [0.05, 0.1) is 4.90 Å². The van der Waals surface area contributed by atoms with E-state index >= 15 is 0 Å². The molecule has 1 aromatic rings. The Bertz CT molecular complexity index is 536. The van der Waals surface area contributed by atoms with Crippen molar-refractivity contribution in [3.8, 4) is 0 Å². The number of benzene rings is 1. The van der Waals surface area contributed by atoms with Crippen LogP contribution in [0, 0.1) is 6.92 Å². The van der Waals surface area contributed by atoms with Crippen molar-refractivity contribution < 1.29 is 8.42 Å². The lowest BCUT2D eigenvalue weighted by atomic mass is 10.2. The van der Waals surface area contributed by atoms with Crippen molar-refractivity contribution >= 4 is 15.7 Å². The number of hydrogen-bond donors (Lipinski definition) is 1. The van der Waals surface area contributed by atoms with Gasteiger partial charge in [-0.15, -0.1) is 0 Å². The molecule has 0 amide bonds. The van der Waals surface area contributed by atoms with Gasteiger partial charge in [0.25, 0.3) is 0 Å². The highest BCUT2D eigenvalue weighted by Crippen LogP contribution is 2.33. The first-order chi connectivity index (χ1) is 8.48. The Labute approximate surface area is 109 Å². The monoisotopic (exact) mass is 268 g/mol. The minimum atomic E-state index is -3.40. The second-order valence-electron chi connectivity index (χ2n) is 4.82. The zero-order valence-electron chi connectivity index (χ0n) is 10.9. The molecule has 18 heavy (non-hydrogen) atoms. The third kappa shape index (κ3) is 2.37. The lowest BCUT2D eigenvalue weighted by Gasteiger charge is -2.22. The first-order valence-electron chi connectivity index (χ1n) is 6.35. The van der Waals surface area contributed by atoms with Gasteiger partial charge in [-0.05, 0) is 43.9 Å². The van der Waals surface area contributed by atoms with E-state index in [1.54, 1.807) is 29.4 Å². The molecule has 1 aliphatic rings. The Morgan fingerprint density at radius 3 is 2.61 bits per heavy atom. The van der Waals surface area contributed by atoms with Crippen LogP contribution < -0.4 is 5.73 Å². The number of hydrogen-bond acceptors (Lipinski definition) is 3. The first kappa shape index (κ1) is 13.4. The Morgan fingerprint density at radius 1 is 1.39 bits per heavy atom. The molecule has 0 heterocycles. The molecular weight excluding hydrogens is 248 g/mol. The SMILES string of the molecule is CCCN(C1CC1)S(=O)(=O)c1cccc(N)c1C. The lowest BCUT2D eigenvalue weighted by Crippen LogP contribution is -2.34. The van der Waals surface area contributed by atoms with Gasteiger partial charge in [-0.3, -0.25) is 0 Å². The standard InChI is InChI=1S/C13H20N2O2S/c1-3-9-15(11-7-8-11)18(16,17)13-6-4-5-12(14)10(13)2/h4-6,11H,3,7-9,14H2,1-2H3. The van der Waals surface area contributed by atoms with Crippen molar-refractivity contribution in [2.45, 2.75) is 44.0 Å². The Morgan fingerprint density at radius 2 is 2.06 bits per heavy atom. The topological polar surface area (TPSA) is 63.4 Å². The normalized spacial score (nSPS) is 16.2. The summed E-state index contributed by atoms with van der Waals surface area (Å²) in [5.41, 5.74) is 6.98. The van der Waals surface area contributed by atoms with E-state index in [0.717, 1.165) is 19.3 Å². The third-order valence-corrected chi connectivity index (χ3v) is 5.41. The predicted octanol–water partition coefficient (Wildman–Crippen LogP) is 2.14. The molecule has 0 radical (unpaired) electrons. The van der Waals surface area contributed by atoms with Crippen LogP contribution >= 0.6 is 0 Å². The van der Waals surface area contributed by atoms with Crippen LogP contribution in [0.25, 0.3) is 0 Å². The van der Waals surface area contributed by atoms with E-state index in [4.69, 9.17) is 5.73 Å². The van der Waals surface area contributed by atoms with Gasteiger partial charge in [0.2, 0.25) is 10.0 Å². The van der Waals surface area contributed by atoms with Crippen LogP contribution in [-0.2, 0) is 10.0 Å². The Hall–Kier alpha value is -1.07. The Balaban J connectivity index is 2.43. The highest BCUT2D eigenvalue weighted by molar-refractivity contribution is 7.89. The maximum atomic E-state index is 12.6. The molecule has 0 aromatic heterocycles. The highest BCUT2D eigenvalue weighted by Gasteiger charge is 2.38. The van der Waals surface area contributed by atoms with E-state index in [0.29, 0.717) is 22.7 Å². The zero-order chi connectivity index (χ0) is 13.3. The van der Waals surface area contributed by atoms with Gasteiger partial charge in [-0.2, -0.15) is 4.31 Å². The molecule has 1 aromatic carbocycles. The summed E-state index contributed by atoms with van der Waals surface area (Å²) in [4.78, 5) is 0.350. The summed E-state index contributed by atoms with van der Waals surface area (Å²) in [5, 5.41) is 0. The van der Waals surface area contributed by atoms with Gasteiger partial charge >= 0.3 is 0 Å². The van der Waals surface area contributed by atoms with Crippen LogP contribution in [0.3, 0.4) is 0 Å². The number of anilines is 1. The van der Waals surface area contributed by atoms with Crippen molar-refractivity contribution in [3.05, 3.63) is 23.8 Å². The molecule has 0 unspecified atom stereocenters. The number of rotatable bonds is 5. The molecular formula is C13H20N2O2S. The maximum Gasteiger partial charge on any atom is 0.243 e. The fourth-order valence-corrected chi connectivity index (χ4v) is 4.15. The summed E-state index contributed by atoms with van der Waals surface area (Å²) in [6.45, 7) is 4.34. The summed E-state index contributed by atoms with van der Waals surface area (Å²) in [6.07, 6.45) is 2.78. The first-order valence-corrected chi connectivity index (χ1v) is 7.79. The molecule has 2 N–H and O–H groups in total. The minimum Gasteiger partial charge on any atom is -0.398 e. The number of nitrogen functional groups attached to an aromatic ring is 1. The van der Waals surface area contributed by atoms with Crippen molar-refractivity contribution in [2.75, 3.05) is 12.3 Å². The third-order valence-electron chi connectivity index (χ3n) is 3.31. The van der Waals surface area contributed by atoms with Crippen LogP contribution in [0.5, 0.6) is 0 Å². The molecule has 0 aliphatic heterocycles. The molecule has 0 bridgehead atoms. The van der Waals surface area contributed by atoms with Crippen molar-refractivity contribution in [2.24, 2.45) is 0 Å². The van der Waals surface area contributed by atoms with Gasteiger partial charge in [-0.25, -0.2) is 8.42 Å². The van der Waals surface area contributed by atoms with Gasteiger partial charge in [-0.1, -0.05) is 13.0 Å². The fraction of sp³-hybridized carbons (Fsp3) is 0.538. The second-order valence-corrected chi connectivity index (χ2v) is 6.68. The summed E-state index contributed by atoms with van der Waals surface area (Å²) < 4.78 is 26.9. The van der Waals surface area contributed by atoms with Crippen molar-refractivity contribution in [3.63, 3.8) is 0 Å². The number of sulfonamides is 1. The molecule has 0 saturated heterocycles. The molecule has 0 atom stereocenters. The lowest BCUT2D eigenvalue weighted by molar-refractivity contribution is 0.403. The molecule has 1 saturated carbocycles. The quantitative estimate of drug-likeness (QED) is 0.832. The average Bonchev–Trinajstić information content (AvgIpc) is 3.13. The molecule has 0 spiro atoms. The Kier molecular flexibility index (Phi) is 3.64. The van der Waals surface area contributed by atoms with Gasteiger partial charge < -0.3 is 5.73 Å². The van der Waals surface area contributed by atoms with E-state index in [2.05, 4.69) is 0 Å². The van der Waals surface area contributed by atoms with Crippen LogP contribution in [0.15, 0.2) is 23.1 Å². The zero-order valence-corrected chi connectivity index (χ0v) is 11.7. The largest absolute Gasteiger partial charge is 0.398 e. The predicted molar refractivity (Wildman–Crippen MR) is 72.8 cm³/mol. The summed E-state index contributed by atoms with van der Waals surface area (Å²) in [5.74, 6) is 0. The molecule has 1 fully saturated rings. The van der Waals surface area contributed by atoms with Gasteiger partial charge in [0, 0.05) is 18.3 Å². The highest BCUT2D eigenvalue weighted by atomic mass is 32.2. The van der Waals surface area contributed by atoms with E-state index in [1.165, 1.54) is 0 Å². The van der Waals surface area contributed by atoms with Gasteiger partial charge in [0.1, 0.15) is 0 Å². The minimum absolute atomic E-state index is 0.191. The fourth-order valence-electron chi connectivity index (χ4n) is 2.12. The van der Waals surface area contributed by atoms with Crippen molar-refractivity contribution in [1.29, 1.82) is 0 Å².